The van der Waals surface area contributed by atoms with Crippen molar-refractivity contribution in [2.75, 3.05) is 94.5 Å². The second-order valence-electron chi connectivity index (χ2n) is 15.9. The van der Waals surface area contributed by atoms with Crippen molar-refractivity contribution in [3.63, 3.8) is 0 Å². The monoisotopic (exact) mass is 874 g/mol. The first-order valence-electron chi connectivity index (χ1n) is 19.6. The molecule has 0 aliphatic carbocycles. The summed E-state index contributed by atoms with van der Waals surface area (Å²) in [6, 6.07) is 22.0. The number of hydrogen-bond donors (Lipinski definition) is 4. The molecule has 1 fully saturated rings. The number of ether oxygens (including phenoxy) is 3. The fraction of sp³-hybridized carbons (Fsp3) is 0.349. The zero-order chi connectivity index (χ0) is 44.1. The number of nitrogens with zero attached hydrogens (tertiary/aromatic N) is 4. The summed E-state index contributed by atoms with van der Waals surface area (Å²) in [4.78, 5) is 22.6. The minimum atomic E-state index is -3.83. The van der Waals surface area contributed by atoms with Crippen LogP contribution in [0.3, 0.4) is 0 Å². The molecule has 326 valence electrons. The van der Waals surface area contributed by atoms with Gasteiger partial charge in [-0.2, -0.15) is 4.31 Å². The molecule has 61 heavy (non-hydrogen) atoms. The number of aromatic nitrogens is 1. The molecule has 4 aromatic carbocycles. The van der Waals surface area contributed by atoms with E-state index in [1.165, 1.54) is 24.6 Å². The fourth-order valence-electron chi connectivity index (χ4n) is 6.81. The van der Waals surface area contributed by atoms with E-state index in [0.29, 0.717) is 52.6 Å². The fourth-order valence-corrected chi connectivity index (χ4v) is 8.66. The highest BCUT2D eigenvalue weighted by molar-refractivity contribution is 7.92. The number of amides is 2. The van der Waals surface area contributed by atoms with Gasteiger partial charge >= 0.3 is 6.03 Å². The molecule has 0 atom stereocenters. The van der Waals surface area contributed by atoms with Gasteiger partial charge in [0.2, 0.25) is 20.0 Å². The number of hydrogen-bond acceptors (Lipinski definition) is 12. The lowest BCUT2D eigenvalue weighted by atomic mass is 9.86. The van der Waals surface area contributed by atoms with Crippen LogP contribution in [-0.4, -0.2) is 116 Å². The number of rotatable bonds is 15. The second-order valence-corrected chi connectivity index (χ2v) is 19.7. The first-order valence-corrected chi connectivity index (χ1v) is 22.9. The summed E-state index contributed by atoms with van der Waals surface area (Å²) in [5, 5.41) is 10.4. The molecule has 2 heterocycles. The van der Waals surface area contributed by atoms with E-state index in [2.05, 4.69) is 42.5 Å². The Kier molecular flexibility index (Phi) is 13.6. The standard InChI is InChI=1S/C43H54N8O8S2/c1-43(2,3)29-25-35(41(58-7)36(26-29)48-60(8,53)54)47-42(52)46-34-14-15-37(33-12-10-9-11-32(33)34)59-31-17-18-44-40(28-31)45-30-13-16-39(38(27-30)57-6)61(55,56)50(5)21-24-51-22-19-49(4)20-23-51/h9-18,25-28,48H,19-24H2,1-8H3,(H,44,45)(H2,46,47,52). The summed E-state index contributed by atoms with van der Waals surface area (Å²) in [6.45, 7) is 10.6. The van der Waals surface area contributed by atoms with Crippen molar-refractivity contribution >= 4 is 65.4 Å². The number of likely N-dealkylation sites (N-methyl/N-ethyl adjacent to an activating group) is 2. The highest BCUT2D eigenvalue weighted by Gasteiger charge is 2.27. The molecule has 0 saturated carbocycles. The van der Waals surface area contributed by atoms with E-state index in [1.807, 2.05) is 45.0 Å². The SMILES string of the molecule is COc1cc(Nc2cc(Oc3ccc(NC(=O)Nc4cc(C(C)(C)C)cc(NS(C)(=O)=O)c4OC)c4ccccc34)ccn2)ccc1S(=O)(=O)N(C)CCN1CCN(C)CC1. The molecule has 1 saturated heterocycles. The average molecular weight is 875 g/mol. The molecule has 0 unspecified atom stereocenters. The molecule has 16 nitrogen and oxygen atoms in total. The van der Waals surface area contributed by atoms with E-state index in [4.69, 9.17) is 14.2 Å². The van der Waals surface area contributed by atoms with Crippen LogP contribution in [-0.2, 0) is 25.5 Å². The summed E-state index contributed by atoms with van der Waals surface area (Å²) in [7, 11) is -0.974. The lowest BCUT2D eigenvalue weighted by Crippen LogP contribution is -2.47. The van der Waals surface area contributed by atoms with Crippen molar-refractivity contribution < 1.29 is 35.8 Å². The highest BCUT2D eigenvalue weighted by Crippen LogP contribution is 2.40. The molecule has 2 amide bonds. The van der Waals surface area contributed by atoms with Gasteiger partial charge in [-0.05, 0) is 60.5 Å². The van der Waals surface area contributed by atoms with Crippen LogP contribution in [0.2, 0.25) is 0 Å². The first kappa shape index (κ1) is 44.9. The van der Waals surface area contributed by atoms with Crippen molar-refractivity contribution in [3.8, 4) is 23.0 Å². The first-order chi connectivity index (χ1) is 28.8. The third-order valence-corrected chi connectivity index (χ3v) is 12.7. The number of benzene rings is 4. The summed E-state index contributed by atoms with van der Waals surface area (Å²) in [5.74, 6) is 1.79. The molecular formula is C43H54N8O8S2. The van der Waals surface area contributed by atoms with E-state index < -0.39 is 26.1 Å². The van der Waals surface area contributed by atoms with Crippen LogP contribution < -0.4 is 34.9 Å². The molecule has 1 aliphatic rings. The van der Waals surface area contributed by atoms with Crippen LogP contribution >= 0.6 is 0 Å². The number of carbonyl (C=O) groups is 1. The molecule has 0 spiro atoms. The largest absolute Gasteiger partial charge is 0.495 e. The summed E-state index contributed by atoms with van der Waals surface area (Å²) in [6.07, 6.45) is 2.63. The summed E-state index contributed by atoms with van der Waals surface area (Å²) in [5.41, 5.74) is 1.94. The van der Waals surface area contributed by atoms with Gasteiger partial charge in [0.1, 0.15) is 28.0 Å². The van der Waals surface area contributed by atoms with Gasteiger partial charge in [0.15, 0.2) is 5.75 Å². The Labute approximate surface area is 358 Å². The Morgan fingerprint density at radius 2 is 1.51 bits per heavy atom. The molecule has 0 radical (unpaired) electrons. The third kappa shape index (κ3) is 11.2. The number of nitrogens with one attached hydrogen (secondary N) is 4. The van der Waals surface area contributed by atoms with E-state index in [1.54, 1.807) is 61.8 Å². The van der Waals surface area contributed by atoms with Gasteiger partial charge in [0.25, 0.3) is 0 Å². The van der Waals surface area contributed by atoms with Gasteiger partial charge in [-0.25, -0.2) is 26.6 Å². The van der Waals surface area contributed by atoms with E-state index in [9.17, 15) is 21.6 Å². The van der Waals surface area contributed by atoms with Crippen molar-refractivity contribution in [2.45, 2.75) is 31.1 Å². The summed E-state index contributed by atoms with van der Waals surface area (Å²) < 4.78 is 72.9. The van der Waals surface area contributed by atoms with Gasteiger partial charge in [0, 0.05) is 81.1 Å². The average Bonchev–Trinajstić information content (AvgIpc) is 3.20. The second kappa shape index (κ2) is 18.5. The van der Waals surface area contributed by atoms with Crippen molar-refractivity contribution in [1.82, 2.24) is 19.1 Å². The number of methoxy groups -OCH3 is 2. The van der Waals surface area contributed by atoms with Gasteiger partial charge in [-0.15, -0.1) is 0 Å². The van der Waals surface area contributed by atoms with Crippen LogP contribution in [0.15, 0.2) is 90.0 Å². The lowest BCUT2D eigenvalue weighted by Gasteiger charge is -2.33. The number of carbonyl (C=O) groups excluding carboxylic acids is 1. The lowest BCUT2D eigenvalue weighted by molar-refractivity contribution is 0.150. The molecule has 1 aliphatic heterocycles. The number of urea groups is 1. The molecule has 4 N–H and O–H groups in total. The Morgan fingerprint density at radius 1 is 0.820 bits per heavy atom. The molecular weight excluding hydrogens is 821 g/mol. The number of piperazine rings is 1. The summed E-state index contributed by atoms with van der Waals surface area (Å²) >= 11 is 0. The predicted molar refractivity (Wildman–Crippen MR) is 241 cm³/mol. The maximum atomic E-state index is 13.6. The Balaban J connectivity index is 1.16. The Morgan fingerprint density at radius 3 is 2.18 bits per heavy atom. The smallest absolute Gasteiger partial charge is 0.323 e. The van der Waals surface area contributed by atoms with Crippen molar-refractivity contribution in [1.29, 1.82) is 0 Å². The van der Waals surface area contributed by atoms with Crippen LogP contribution in [0.25, 0.3) is 10.8 Å². The molecule has 1 aromatic heterocycles. The maximum absolute atomic E-state index is 13.6. The molecule has 18 heteroatoms. The minimum absolute atomic E-state index is 0.0688. The van der Waals surface area contributed by atoms with Gasteiger partial charge in [-0.1, -0.05) is 45.0 Å². The molecule has 5 aromatic rings. The zero-order valence-electron chi connectivity index (χ0n) is 35.7. The Hall–Kier alpha value is -5.66. The van der Waals surface area contributed by atoms with Crippen LogP contribution in [0.1, 0.15) is 26.3 Å². The molecule has 0 bridgehead atoms. The van der Waals surface area contributed by atoms with Crippen LogP contribution in [0.4, 0.5) is 33.4 Å². The number of sulfonamides is 2. The van der Waals surface area contributed by atoms with Gasteiger partial charge in [-0.3, -0.25) is 9.62 Å². The van der Waals surface area contributed by atoms with Crippen LogP contribution in [0, 0.1) is 0 Å². The minimum Gasteiger partial charge on any atom is -0.495 e. The van der Waals surface area contributed by atoms with Crippen LogP contribution in [0.5, 0.6) is 23.0 Å². The third-order valence-electron chi connectivity index (χ3n) is 10.2. The van der Waals surface area contributed by atoms with Crippen molar-refractivity contribution in [3.05, 3.63) is 90.6 Å². The number of fused-ring (bicyclic) bond motifs is 1. The highest BCUT2D eigenvalue weighted by atomic mass is 32.2. The zero-order valence-corrected chi connectivity index (χ0v) is 37.3. The van der Waals surface area contributed by atoms with E-state index in [-0.39, 0.29) is 33.2 Å². The topological polar surface area (TPSA) is 184 Å². The normalized spacial score (nSPS) is 14.1. The van der Waals surface area contributed by atoms with E-state index >= 15 is 0 Å². The number of pyridine rings is 1. The quantitative estimate of drug-likeness (QED) is 0.0849. The predicted octanol–water partition coefficient (Wildman–Crippen LogP) is 6.97. The van der Waals surface area contributed by atoms with Gasteiger partial charge < -0.3 is 35.1 Å². The maximum Gasteiger partial charge on any atom is 0.323 e. The Bertz CT molecular complexity index is 2610. The van der Waals surface area contributed by atoms with E-state index in [0.717, 1.165) is 38.0 Å². The molecule has 6 rings (SSSR count). The van der Waals surface area contributed by atoms with Gasteiger partial charge in [0.05, 0.1) is 37.5 Å². The number of anilines is 5. The van der Waals surface area contributed by atoms with Crippen molar-refractivity contribution in [2.24, 2.45) is 0 Å².